The fourth-order valence-corrected chi connectivity index (χ4v) is 4.54. The van der Waals surface area contributed by atoms with Crippen molar-refractivity contribution >= 4 is 29.0 Å². The van der Waals surface area contributed by atoms with Gasteiger partial charge in [-0.1, -0.05) is 23.2 Å². The summed E-state index contributed by atoms with van der Waals surface area (Å²) in [5, 5.41) is 0.786. The number of rotatable bonds is 4. The lowest BCUT2D eigenvalue weighted by Gasteiger charge is -2.23. The topological polar surface area (TPSA) is 48.4 Å². The maximum absolute atomic E-state index is 13.0. The van der Waals surface area contributed by atoms with Crippen LogP contribution in [0.2, 0.25) is 10.0 Å². The van der Waals surface area contributed by atoms with Gasteiger partial charge in [0.25, 0.3) is 0 Å². The van der Waals surface area contributed by atoms with Gasteiger partial charge in [-0.25, -0.2) is 0 Å². The number of carbonyl (C=O) groups excluding carboxylic acids is 1. The van der Waals surface area contributed by atoms with Gasteiger partial charge in [-0.05, 0) is 37.8 Å². The average Bonchev–Trinajstić information content (AvgIpc) is 3.23. The molecule has 1 aromatic carbocycles. The van der Waals surface area contributed by atoms with Crippen LogP contribution in [0.4, 0.5) is 0 Å². The van der Waals surface area contributed by atoms with Gasteiger partial charge in [0.15, 0.2) is 5.78 Å². The average molecular weight is 392 g/mol. The maximum atomic E-state index is 13.0. The van der Waals surface area contributed by atoms with E-state index < -0.39 is 0 Å². The molecule has 2 aromatic rings. The van der Waals surface area contributed by atoms with E-state index in [1.165, 1.54) is 12.4 Å². The third-order valence-corrected chi connectivity index (χ3v) is 6.01. The van der Waals surface area contributed by atoms with Gasteiger partial charge in [-0.2, -0.15) is 0 Å². The van der Waals surface area contributed by atoms with Crippen LogP contribution in [-0.4, -0.2) is 23.5 Å². The molecule has 0 saturated heterocycles. The Labute approximate surface area is 162 Å². The first kappa shape index (κ1) is 17.6. The molecule has 1 aliphatic carbocycles. The third-order valence-electron chi connectivity index (χ3n) is 5.36. The first-order valence-electron chi connectivity index (χ1n) is 8.73. The van der Waals surface area contributed by atoms with Crippen LogP contribution in [-0.2, 0) is 12.8 Å². The molecule has 0 N–H and O–H groups in total. The van der Waals surface area contributed by atoms with Crippen LogP contribution in [0, 0.1) is 0 Å². The molecule has 136 valence electrons. The van der Waals surface area contributed by atoms with E-state index in [9.17, 15) is 4.79 Å². The van der Waals surface area contributed by atoms with E-state index in [1.807, 2.05) is 6.07 Å². The Morgan fingerprint density at radius 1 is 1.23 bits per heavy atom. The minimum absolute atomic E-state index is 0.0750. The van der Waals surface area contributed by atoms with Crippen molar-refractivity contribution in [1.29, 1.82) is 0 Å². The van der Waals surface area contributed by atoms with Crippen LogP contribution in [0.25, 0.3) is 0 Å². The predicted molar refractivity (Wildman–Crippen MR) is 101 cm³/mol. The van der Waals surface area contributed by atoms with Crippen molar-refractivity contribution in [1.82, 2.24) is 4.98 Å². The number of nitrogens with zero attached hydrogens (tertiary/aromatic N) is 1. The van der Waals surface area contributed by atoms with Crippen LogP contribution >= 0.6 is 23.2 Å². The van der Waals surface area contributed by atoms with Crippen LogP contribution in [0.3, 0.4) is 0 Å². The number of aromatic nitrogens is 1. The standard InChI is InChI=1S/C20H19Cl2NO3/c1-25-18-5-4-12(17(24)8-13-15(21)10-23-11-16(13)22)19-14(18)9-20(26-19)6-2-3-7-20/h4-5,10-11H,2-3,6-9H2,1H3. The highest BCUT2D eigenvalue weighted by molar-refractivity contribution is 6.36. The zero-order valence-corrected chi connectivity index (χ0v) is 16.0. The molecule has 2 aliphatic rings. The van der Waals surface area contributed by atoms with Crippen molar-refractivity contribution in [2.75, 3.05) is 7.11 Å². The molecule has 2 heterocycles. The molecule has 0 unspecified atom stereocenters. The molecular formula is C20H19Cl2NO3. The highest BCUT2D eigenvalue weighted by atomic mass is 35.5. The number of Topliss-reactive ketones (excluding diaryl/α,β-unsaturated/α-hetero) is 1. The van der Waals surface area contributed by atoms with Gasteiger partial charge in [0.2, 0.25) is 0 Å². The highest BCUT2D eigenvalue weighted by Gasteiger charge is 2.44. The van der Waals surface area contributed by atoms with Gasteiger partial charge < -0.3 is 9.47 Å². The summed E-state index contributed by atoms with van der Waals surface area (Å²) in [7, 11) is 1.65. The number of ether oxygens (including phenoxy) is 2. The van der Waals surface area contributed by atoms with Crippen molar-refractivity contribution < 1.29 is 14.3 Å². The summed E-state index contributed by atoms with van der Waals surface area (Å²) in [6, 6.07) is 3.62. The minimum atomic E-state index is -0.183. The summed E-state index contributed by atoms with van der Waals surface area (Å²) >= 11 is 12.3. The number of fused-ring (bicyclic) bond motifs is 1. The Balaban J connectivity index is 1.70. The second-order valence-corrected chi connectivity index (χ2v) is 7.79. The van der Waals surface area contributed by atoms with Crippen LogP contribution in [0.1, 0.15) is 47.2 Å². The van der Waals surface area contributed by atoms with Crippen molar-refractivity contribution in [3.63, 3.8) is 0 Å². The van der Waals surface area contributed by atoms with Gasteiger partial charge >= 0.3 is 0 Å². The Hall–Kier alpha value is -1.78. The van der Waals surface area contributed by atoms with E-state index in [0.717, 1.165) is 43.4 Å². The fourth-order valence-electron chi connectivity index (χ4n) is 4.04. The first-order valence-corrected chi connectivity index (χ1v) is 9.48. The van der Waals surface area contributed by atoms with E-state index in [-0.39, 0.29) is 17.8 Å². The maximum Gasteiger partial charge on any atom is 0.171 e. The lowest BCUT2D eigenvalue weighted by atomic mass is 9.93. The summed E-state index contributed by atoms with van der Waals surface area (Å²) in [5.41, 5.74) is 1.96. The van der Waals surface area contributed by atoms with E-state index in [1.54, 1.807) is 13.2 Å². The van der Waals surface area contributed by atoms with Crippen molar-refractivity contribution in [2.24, 2.45) is 0 Å². The van der Waals surface area contributed by atoms with Gasteiger partial charge in [0, 0.05) is 36.4 Å². The Kier molecular flexibility index (Phi) is 4.57. The minimum Gasteiger partial charge on any atom is -0.496 e. The predicted octanol–water partition coefficient (Wildman–Crippen LogP) is 5.07. The fraction of sp³-hybridized carbons (Fsp3) is 0.400. The number of benzene rings is 1. The van der Waals surface area contributed by atoms with Crippen LogP contribution in [0.5, 0.6) is 11.5 Å². The molecular weight excluding hydrogens is 373 g/mol. The number of carbonyl (C=O) groups is 1. The normalized spacial score (nSPS) is 17.2. The molecule has 1 aromatic heterocycles. The summed E-state index contributed by atoms with van der Waals surface area (Å²) in [4.78, 5) is 17.0. The molecule has 6 heteroatoms. The molecule has 1 saturated carbocycles. The van der Waals surface area contributed by atoms with E-state index in [2.05, 4.69) is 4.98 Å². The highest BCUT2D eigenvalue weighted by Crippen LogP contribution is 2.49. The molecule has 0 amide bonds. The second kappa shape index (κ2) is 6.75. The molecule has 1 aliphatic heterocycles. The lowest BCUT2D eigenvalue weighted by Crippen LogP contribution is -2.30. The molecule has 0 atom stereocenters. The summed E-state index contributed by atoms with van der Waals surface area (Å²) in [6.45, 7) is 0. The second-order valence-electron chi connectivity index (χ2n) is 6.97. The van der Waals surface area contributed by atoms with Gasteiger partial charge in [-0.15, -0.1) is 0 Å². The Bertz CT molecular complexity index is 855. The summed E-state index contributed by atoms with van der Waals surface area (Å²) < 4.78 is 11.9. The Morgan fingerprint density at radius 3 is 2.58 bits per heavy atom. The smallest absolute Gasteiger partial charge is 0.171 e. The number of halogens is 2. The molecule has 0 bridgehead atoms. The number of hydrogen-bond donors (Lipinski definition) is 0. The van der Waals surface area contributed by atoms with Crippen molar-refractivity contribution in [3.8, 4) is 11.5 Å². The van der Waals surface area contributed by atoms with Crippen LogP contribution in [0.15, 0.2) is 24.5 Å². The molecule has 1 spiro atoms. The zero-order valence-electron chi connectivity index (χ0n) is 14.5. The van der Waals surface area contributed by atoms with E-state index in [4.69, 9.17) is 32.7 Å². The Morgan fingerprint density at radius 2 is 1.92 bits per heavy atom. The van der Waals surface area contributed by atoms with Crippen molar-refractivity contribution in [3.05, 3.63) is 51.3 Å². The van der Waals surface area contributed by atoms with Crippen LogP contribution < -0.4 is 9.47 Å². The van der Waals surface area contributed by atoms with Gasteiger partial charge in [0.05, 0.1) is 22.7 Å². The van der Waals surface area contributed by atoms with E-state index in [0.29, 0.717) is 26.9 Å². The van der Waals surface area contributed by atoms with Crippen molar-refractivity contribution in [2.45, 2.75) is 44.1 Å². The lowest BCUT2D eigenvalue weighted by molar-refractivity contribution is 0.0934. The quantitative estimate of drug-likeness (QED) is 0.682. The molecule has 0 radical (unpaired) electrons. The van der Waals surface area contributed by atoms with E-state index >= 15 is 0 Å². The number of methoxy groups -OCH3 is 1. The molecule has 4 rings (SSSR count). The molecule has 26 heavy (non-hydrogen) atoms. The summed E-state index contributed by atoms with van der Waals surface area (Å²) in [6.07, 6.45) is 8.24. The molecule has 1 fully saturated rings. The van der Waals surface area contributed by atoms with Gasteiger partial charge in [-0.3, -0.25) is 9.78 Å². The number of pyridine rings is 1. The summed E-state index contributed by atoms with van der Waals surface area (Å²) in [5.74, 6) is 1.37. The first-order chi connectivity index (χ1) is 12.5. The SMILES string of the molecule is COc1ccc(C(=O)Cc2c(Cl)cncc2Cl)c2c1CC1(CCCC1)O2. The largest absolute Gasteiger partial charge is 0.496 e. The number of hydrogen-bond acceptors (Lipinski definition) is 4. The number of ketones is 1. The zero-order chi connectivity index (χ0) is 18.3. The molecule has 4 nitrogen and oxygen atoms in total. The third kappa shape index (κ3) is 2.95. The monoisotopic (exact) mass is 391 g/mol. The van der Waals surface area contributed by atoms with Gasteiger partial charge in [0.1, 0.15) is 17.1 Å².